The molecule has 2 aromatic carbocycles. The predicted octanol–water partition coefficient (Wildman–Crippen LogP) is 4.14. The van der Waals surface area contributed by atoms with Gasteiger partial charge < -0.3 is 14.5 Å². The van der Waals surface area contributed by atoms with Gasteiger partial charge in [-0.25, -0.2) is 16.8 Å². The summed E-state index contributed by atoms with van der Waals surface area (Å²) >= 11 is 6.67. The van der Waals surface area contributed by atoms with Crippen LogP contribution in [0.1, 0.15) is 35.2 Å². The molecule has 1 aromatic heterocycles. The molecule has 0 amide bonds. The number of fused-ring (bicyclic) bond motifs is 2. The molecule has 0 aliphatic carbocycles. The SMILES string of the molecule is CNC(Cl)c1c(-c2ccc(C)cc2)oc2cc3c(cc12)[C@H](C)O[C@H](CS(C)(=O)=O)CN3S(C)(=O)=O. The molecule has 3 atom stereocenters. The van der Waals surface area contributed by atoms with Crippen molar-refractivity contribution in [2.75, 3.05) is 36.2 Å². The van der Waals surface area contributed by atoms with E-state index >= 15 is 0 Å². The highest BCUT2D eigenvalue weighted by atomic mass is 35.5. The van der Waals surface area contributed by atoms with Gasteiger partial charge in [0.1, 0.15) is 26.7 Å². The van der Waals surface area contributed by atoms with Crippen LogP contribution < -0.4 is 9.62 Å². The summed E-state index contributed by atoms with van der Waals surface area (Å²) in [5.41, 5.74) is 3.58. The van der Waals surface area contributed by atoms with Crippen LogP contribution in [0.3, 0.4) is 0 Å². The molecule has 1 unspecified atom stereocenters. The van der Waals surface area contributed by atoms with Gasteiger partial charge in [0, 0.05) is 34.4 Å². The molecule has 0 saturated carbocycles. The minimum atomic E-state index is -3.75. The van der Waals surface area contributed by atoms with E-state index in [2.05, 4.69) is 5.32 Å². The lowest BCUT2D eigenvalue weighted by atomic mass is 10.0. The second-order valence-electron chi connectivity index (χ2n) is 9.06. The molecule has 0 radical (unpaired) electrons. The summed E-state index contributed by atoms with van der Waals surface area (Å²) in [4.78, 5) is 0. The Kier molecular flexibility index (Phi) is 6.98. The molecule has 2 heterocycles. The first-order valence-corrected chi connectivity index (χ1v) is 15.4. The third-order valence-corrected chi connectivity index (χ3v) is 8.62. The Morgan fingerprint density at radius 2 is 1.80 bits per heavy atom. The van der Waals surface area contributed by atoms with Gasteiger partial charge in [-0.1, -0.05) is 29.8 Å². The number of hydrogen-bond acceptors (Lipinski definition) is 7. The van der Waals surface area contributed by atoms with Crippen LogP contribution in [-0.4, -0.2) is 54.8 Å². The van der Waals surface area contributed by atoms with E-state index in [9.17, 15) is 16.8 Å². The van der Waals surface area contributed by atoms with Crippen molar-refractivity contribution in [2.24, 2.45) is 0 Å². The normalized spacial score (nSPS) is 20.0. The van der Waals surface area contributed by atoms with E-state index in [4.69, 9.17) is 20.8 Å². The Hall–Kier alpha value is -2.11. The number of nitrogens with zero attached hydrogens (tertiary/aromatic N) is 1. The smallest absolute Gasteiger partial charge is 0.232 e. The highest BCUT2D eigenvalue weighted by molar-refractivity contribution is 7.92. The van der Waals surface area contributed by atoms with E-state index in [1.54, 1.807) is 20.0 Å². The van der Waals surface area contributed by atoms with Crippen molar-refractivity contribution in [1.29, 1.82) is 0 Å². The van der Waals surface area contributed by atoms with Gasteiger partial charge in [0.15, 0.2) is 0 Å². The number of alkyl halides is 1. The van der Waals surface area contributed by atoms with Crippen molar-refractivity contribution < 1.29 is 26.0 Å². The van der Waals surface area contributed by atoms with Gasteiger partial charge in [-0.05, 0) is 27.0 Å². The molecule has 8 nitrogen and oxygen atoms in total. The Labute approximate surface area is 211 Å². The van der Waals surface area contributed by atoms with E-state index < -0.39 is 37.6 Å². The lowest BCUT2D eigenvalue weighted by Crippen LogP contribution is -2.39. The first-order chi connectivity index (χ1) is 16.3. The zero-order valence-corrected chi connectivity index (χ0v) is 22.6. The molecule has 0 fully saturated rings. The number of aryl methyl sites for hydroxylation is 1. The van der Waals surface area contributed by atoms with Crippen molar-refractivity contribution in [2.45, 2.75) is 31.6 Å². The number of benzene rings is 2. The van der Waals surface area contributed by atoms with Crippen molar-refractivity contribution >= 4 is 48.1 Å². The number of sulfonamides is 1. The number of furan rings is 1. The van der Waals surface area contributed by atoms with Crippen LogP contribution >= 0.6 is 11.6 Å². The summed E-state index contributed by atoms with van der Waals surface area (Å²) in [5.74, 6) is 0.295. The van der Waals surface area contributed by atoms with Crippen molar-refractivity contribution in [1.82, 2.24) is 5.32 Å². The number of ether oxygens (including phenoxy) is 1. The molecule has 4 rings (SSSR count). The maximum atomic E-state index is 12.8. The largest absolute Gasteiger partial charge is 0.456 e. The summed E-state index contributed by atoms with van der Waals surface area (Å²) < 4.78 is 63.0. The second kappa shape index (κ2) is 9.40. The third kappa shape index (κ3) is 5.36. The fraction of sp³-hybridized carbons (Fsp3) is 0.417. The quantitative estimate of drug-likeness (QED) is 0.370. The number of anilines is 1. The van der Waals surface area contributed by atoms with Gasteiger partial charge in [-0.2, -0.15) is 0 Å². The molecule has 0 saturated heterocycles. The van der Waals surface area contributed by atoms with Crippen molar-refractivity contribution in [3.63, 3.8) is 0 Å². The topological polar surface area (TPSA) is 106 Å². The van der Waals surface area contributed by atoms with E-state index in [0.29, 0.717) is 22.6 Å². The molecule has 0 spiro atoms. The van der Waals surface area contributed by atoms with Gasteiger partial charge in [-0.3, -0.25) is 4.31 Å². The van der Waals surface area contributed by atoms with Crippen LogP contribution in [0.25, 0.3) is 22.3 Å². The summed E-state index contributed by atoms with van der Waals surface area (Å²) in [6.07, 6.45) is 0.806. The van der Waals surface area contributed by atoms with Crippen molar-refractivity contribution in [3.8, 4) is 11.3 Å². The first kappa shape index (κ1) is 26.0. The molecule has 3 aromatic rings. The third-order valence-electron chi connectivity index (χ3n) is 6.06. The lowest BCUT2D eigenvalue weighted by molar-refractivity contribution is 0.0193. The Morgan fingerprint density at radius 3 is 2.37 bits per heavy atom. The van der Waals surface area contributed by atoms with Crippen molar-refractivity contribution in [3.05, 3.63) is 53.1 Å². The molecule has 1 N–H and O–H groups in total. The van der Waals surface area contributed by atoms with Crippen LogP contribution in [0, 0.1) is 6.92 Å². The van der Waals surface area contributed by atoms with E-state index in [1.165, 1.54) is 4.31 Å². The Balaban J connectivity index is 1.95. The second-order valence-corrected chi connectivity index (χ2v) is 13.6. The van der Waals surface area contributed by atoms with Gasteiger partial charge >= 0.3 is 0 Å². The van der Waals surface area contributed by atoms with Gasteiger partial charge in [0.2, 0.25) is 10.0 Å². The molecule has 11 heteroatoms. The average Bonchev–Trinajstić information content (AvgIpc) is 3.06. The van der Waals surface area contributed by atoms with Crippen LogP contribution in [0.2, 0.25) is 0 Å². The van der Waals surface area contributed by atoms with E-state index in [0.717, 1.165) is 34.6 Å². The Morgan fingerprint density at radius 1 is 1.14 bits per heavy atom. The highest BCUT2D eigenvalue weighted by Gasteiger charge is 2.34. The lowest BCUT2D eigenvalue weighted by Gasteiger charge is -2.24. The fourth-order valence-electron chi connectivity index (χ4n) is 4.46. The van der Waals surface area contributed by atoms with Crippen LogP contribution in [0.4, 0.5) is 5.69 Å². The number of rotatable bonds is 6. The van der Waals surface area contributed by atoms with Gasteiger partial charge in [0.25, 0.3) is 0 Å². The van der Waals surface area contributed by atoms with Gasteiger partial charge in [-0.15, -0.1) is 11.6 Å². The molecule has 35 heavy (non-hydrogen) atoms. The molecule has 1 aliphatic heterocycles. The standard InChI is InChI=1S/C24H29ClN2O6S2/c1-14-6-8-16(9-7-14)23-22(24(25)26-3)19-10-18-15(2)32-17(13-34(4,28)29)12-27(35(5,30)31)20(18)11-21(19)33-23/h6-11,15,17,24,26H,12-13H2,1-5H3/t15-,17-,24?/m0/s1. The number of hydrogen-bond donors (Lipinski definition) is 1. The van der Waals surface area contributed by atoms with Gasteiger partial charge in [0.05, 0.1) is 36.4 Å². The minimum Gasteiger partial charge on any atom is -0.456 e. The monoisotopic (exact) mass is 540 g/mol. The minimum absolute atomic E-state index is 0.123. The van der Waals surface area contributed by atoms with E-state index in [1.807, 2.05) is 37.3 Å². The van der Waals surface area contributed by atoms with E-state index in [-0.39, 0.29) is 12.3 Å². The summed E-state index contributed by atoms with van der Waals surface area (Å²) in [6, 6.07) is 11.4. The van der Waals surface area contributed by atoms with Crippen LogP contribution in [0.5, 0.6) is 0 Å². The molecular weight excluding hydrogens is 512 g/mol. The summed E-state index contributed by atoms with van der Waals surface area (Å²) in [6.45, 7) is 3.65. The maximum absolute atomic E-state index is 12.8. The molecule has 0 bridgehead atoms. The molecule has 190 valence electrons. The zero-order chi connectivity index (χ0) is 25.7. The number of nitrogens with one attached hydrogen (secondary N) is 1. The zero-order valence-electron chi connectivity index (χ0n) is 20.2. The molecular formula is C24H29ClN2O6S2. The fourth-order valence-corrected chi connectivity index (χ4v) is 6.49. The summed E-state index contributed by atoms with van der Waals surface area (Å²) in [5, 5.41) is 3.77. The Bertz CT molecular complexity index is 1470. The van der Waals surface area contributed by atoms with Crippen LogP contribution in [-0.2, 0) is 24.6 Å². The maximum Gasteiger partial charge on any atom is 0.232 e. The van der Waals surface area contributed by atoms with Crippen LogP contribution in [0.15, 0.2) is 40.8 Å². The number of halogens is 1. The molecule has 1 aliphatic rings. The summed E-state index contributed by atoms with van der Waals surface area (Å²) in [7, 11) is -5.40. The highest BCUT2D eigenvalue weighted by Crippen LogP contribution is 2.44. The predicted molar refractivity (Wildman–Crippen MR) is 139 cm³/mol. The average molecular weight is 541 g/mol. The first-order valence-electron chi connectivity index (χ1n) is 11.1. The number of sulfone groups is 1.